The Bertz CT molecular complexity index is 227. The van der Waals surface area contributed by atoms with Crippen LogP contribution in [0, 0.1) is 0 Å². The number of esters is 1. The second-order valence-corrected chi connectivity index (χ2v) is 6.07. The van der Waals surface area contributed by atoms with Crippen molar-refractivity contribution in [3.8, 4) is 0 Å². The van der Waals surface area contributed by atoms with Gasteiger partial charge >= 0.3 is 14.8 Å². The number of carbonyl (C=O) groups is 1. The van der Waals surface area contributed by atoms with Crippen molar-refractivity contribution in [2.75, 3.05) is 19.8 Å². The van der Waals surface area contributed by atoms with Gasteiger partial charge in [0.15, 0.2) is 5.73 Å². The van der Waals surface area contributed by atoms with Gasteiger partial charge in [0.2, 0.25) is 0 Å². The SMILES string of the molecule is C=CC(=O)OC(C)[Si](OCC)(OCC)OCC. The van der Waals surface area contributed by atoms with Crippen molar-refractivity contribution in [1.82, 2.24) is 0 Å². The Labute approximate surface area is 104 Å². The van der Waals surface area contributed by atoms with Crippen LogP contribution in [0.15, 0.2) is 12.7 Å². The van der Waals surface area contributed by atoms with Gasteiger partial charge in [-0.3, -0.25) is 0 Å². The van der Waals surface area contributed by atoms with E-state index < -0.39 is 20.5 Å². The van der Waals surface area contributed by atoms with E-state index in [4.69, 9.17) is 18.0 Å². The molecular formula is C11H22O5Si. The minimum atomic E-state index is -2.97. The normalized spacial score (nSPS) is 13.2. The molecule has 1 atom stereocenters. The van der Waals surface area contributed by atoms with Crippen LogP contribution in [0.25, 0.3) is 0 Å². The van der Waals surface area contributed by atoms with Crippen LogP contribution in [0.2, 0.25) is 0 Å². The molecule has 0 aromatic carbocycles. The van der Waals surface area contributed by atoms with Gasteiger partial charge in [0.05, 0.1) is 0 Å². The summed E-state index contributed by atoms with van der Waals surface area (Å²) < 4.78 is 22.0. The Morgan fingerprint density at radius 2 is 1.59 bits per heavy atom. The minimum absolute atomic E-state index is 0.447. The van der Waals surface area contributed by atoms with E-state index in [1.165, 1.54) is 0 Å². The maximum Gasteiger partial charge on any atom is 0.543 e. The molecule has 5 nitrogen and oxygen atoms in total. The number of hydrogen-bond donors (Lipinski definition) is 0. The lowest BCUT2D eigenvalue weighted by Gasteiger charge is -2.32. The van der Waals surface area contributed by atoms with Gasteiger partial charge in [-0.05, 0) is 27.7 Å². The zero-order chi connectivity index (χ0) is 13.3. The van der Waals surface area contributed by atoms with E-state index in [9.17, 15) is 4.79 Å². The highest BCUT2D eigenvalue weighted by Gasteiger charge is 2.49. The quantitative estimate of drug-likeness (QED) is 0.359. The highest BCUT2D eigenvalue weighted by Crippen LogP contribution is 2.18. The van der Waals surface area contributed by atoms with Crippen molar-refractivity contribution in [2.24, 2.45) is 0 Å². The highest BCUT2D eigenvalue weighted by atomic mass is 28.4. The number of ether oxygens (including phenoxy) is 1. The molecule has 100 valence electrons. The molecule has 1 unspecified atom stereocenters. The lowest BCUT2D eigenvalue weighted by molar-refractivity contribution is -0.142. The summed E-state index contributed by atoms with van der Waals surface area (Å²) in [6.07, 6.45) is 1.11. The fourth-order valence-corrected chi connectivity index (χ4v) is 3.80. The molecule has 0 amide bonds. The van der Waals surface area contributed by atoms with Crippen LogP contribution in [-0.2, 0) is 22.8 Å². The van der Waals surface area contributed by atoms with E-state index in [0.29, 0.717) is 19.8 Å². The maximum absolute atomic E-state index is 11.2. The maximum atomic E-state index is 11.2. The van der Waals surface area contributed by atoms with E-state index in [1.807, 2.05) is 20.8 Å². The van der Waals surface area contributed by atoms with Crippen LogP contribution in [0.4, 0.5) is 0 Å². The molecule has 0 rings (SSSR count). The van der Waals surface area contributed by atoms with E-state index >= 15 is 0 Å². The number of rotatable bonds is 9. The lowest BCUT2D eigenvalue weighted by atomic mass is 10.6. The van der Waals surface area contributed by atoms with Gasteiger partial charge in [0.1, 0.15) is 0 Å². The smallest absolute Gasteiger partial charge is 0.455 e. The summed E-state index contributed by atoms with van der Waals surface area (Å²) in [7, 11) is -2.97. The van der Waals surface area contributed by atoms with Gasteiger partial charge in [0.25, 0.3) is 0 Å². The Kier molecular flexibility index (Phi) is 8.06. The van der Waals surface area contributed by atoms with Crippen molar-refractivity contribution in [3.05, 3.63) is 12.7 Å². The first-order valence-electron chi connectivity index (χ1n) is 5.81. The van der Waals surface area contributed by atoms with Gasteiger partial charge in [-0.25, -0.2) is 4.79 Å². The second-order valence-electron chi connectivity index (χ2n) is 3.19. The molecule has 17 heavy (non-hydrogen) atoms. The number of carbonyl (C=O) groups excluding carboxylic acids is 1. The molecule has 6 heteroatoms. The molecule has 0 heterocycles. The Balaban J connectivity index is 4.82. The van der Waals surface area contributed by atoms with Crippen LogP contribution in [0.3, 0.4) is 0 Å². The summed E-state index contributed by atoms with van der Waals surface area (Å²) >= 11 is 0. The molecule has 0 saturated heterocycles. The van der Waals surface area contributed by atoms with Crippen molar-refractivity contribution in [3.63, 3.8) is 0 Å². The van der Waals surface area contributed by atoms with E-state index in [2.05, 4.69) is 6.58 Å². The monoisotopic (exact) mass is 262 g/mol. The van der Waals surface area contributed by atoms with Crippen molar-refractivity contribution in [1.29, 1.82) is 0 Å². The molecule has 0 N–H and O–H groups in total. The largest absolute Gasteiger partial charge is 0.543 e. The van der Waals surface area contributed by atoms with Gasteiger partial charge in [0, 0.05) is 25.9 Å². The van der Waals surface area contributed by atoms with Gasteiger partial charge in [-0.2, -0.15) is 0 Å². The summed E-state index contributed by atoms with van der Waals surface area (Å²) in [5.74, 6) is -0.506. The summed E-state index contributed by atoms with van der Waals surface area (Å²) in [6, 6.07) is 0. The molecule has 0 fully saturated rings. The molecule has 0 aliphatic carbocycles. The Hall–Kier alpha value is -0.693. The summed E-state index contributed by atoms with van der Waals surface area (Å²) in [5.41, 5.74) is -0.548. The predicted molar refractivity (Wildman–Crippen MR) is 66.4 cm³/mol. The van der Waals surface area contributed by atoms with Crippen molar-refractivity contribution in [2.45, 2.75) is 33.4 Å². The third-order valence-corrected chi connectivity index (χ3v) is 5.18. The van der Waals surface area contributed by atoms with Crippen molar-refractivity contribution < 1.29 is 22.8 Å². The van der Waals surface area contributed by atoms with E-state index in [-0.39, 0.29) is 0 Å². The minimum Gasteiger partial charge on any atom is -0.455 e. The van der Waals surface area contributed by atoms with Crippen LogP contribution in [0.5, 0.6) is 0 Å². The van der Waals surface area contributed by atoms with Gasteiger partial charge in [-0.15, -0.1) is 0 Å². The van der Waals surface area contributed by atoms with Crippen LogP contribution in [0.1, 0.15) is 27.7 Å². The molecule has 0 spiro atoms. The Morgan fingerprint density at radius 1 is 1.18 bits per heavy atom. The molecule has 0 radical (unpaired) electrons. The fraction of sp³-hybridized carbons (Fsp3) is 0.727. The summed E-state index contributed by atoms with van der Waals surface area (Å²) in [5, 5.41) is 0. The molecule has 0 aliphatic rings. The average Bonchev–Trinajstić information content (AvgIpc) is 2.29. The molecule has 0 aromatic heterocycles. The average molecular weight is 262 g/mol. The second kappa shape index (κ2) is 8.41. The first-order chi connectivity index (χ1) is 8.06. The lowest BCUT2D eigenvalue weighted by Crippen LogP contribution is -2.56. The topological polar surface area (TPSA) is 54.0 Å². The zero-order valence-corrected chi connectivity index (χ0v) is 12.0. The van der Waals surface area contributed by atoms with Crippen molar-refractivity contribution >= 4 is 14.8 Å². The van der Waals surface area contributed by atoms with E-state index in [1.54, 1.807) is 6.92 Å². The zero-order valence-electron chi connectivity index (χ0n) is 11.0. The number of hydrogen-bond acceptors (Lipinski definition) is 5. The highest BCUT2D eigenvalue weighted by molar-refractivity contribution is 6.62. The van der Waals surface area contributed by atoms with Crippen LogP contribution in [-0.4, -0.2) is 40.3 Å². The summed E-state index contributed by atoms with van der Waals surface area (Å²) in [4.78, 5) is 11.2. The predicted octanol–water partition coefficient (Wildman–Crippen LogP) is 1.69. The van der Waals surface area contributed by atoms with Crippen LogP contribution < -0.4 is 0 Å². The Morgan fingerprint density at radius 3 is 1.88 bits per heavy atom. The molecule has 0 aliphatic heterocycles. The molecule has 0 saturated carbocycles. The molecular weight excluding hydrogens is 240 g/mol. The first-order valence-corrected chi connectivity index (χ1v) is 7.61. The third-order valence-electron chi connectivity index (χ3n) is 1.99. The van der Waals surface area contributed by atoms with Gasteiger partial charge < -0.3 is 18.0 Å². The van der Waals surface area contributed by atoms with Crippen LogP contribution >= 0.6 is 0 Å². The van der Waals surface area contributed by atoms with Gasteiger partial charge in [-0.1, -0.05) is 6.58 Å². The first kappa shape index (κ1) is 16.3. The molecule has 0 bridgehead atoms. The van der Waals surface area contributed by atoms with E-state index in [0.717, 1.165) is 6.08 Å². The summed E-state index contributed by atoms with van der Waals surface area (Å²) in [6.45, 7) is 12.0. The third kappa shape index (κ3) is 4.99. The standard InChI is InChI=1S/C11H22O5Si/c1-6-11(12)16-10(5)17(13-7-2,14-8-3)15-9-4/h6,10H,1,7-9H2,2-5H3. The molecule has 0 aromatic rings. The fourth-order valence-electron chi connectivity index (χ4n) is 1.38.